The maximum atomic E-state index is 5.31. The summed E-state index contributed by atoms with van der Waals surface area (Å²) >= 11 is 0. The minimum atomic E-state index is 0.794. The molecule has 0 atom stereocenters. The Morgan fingerprint density at radius 1 is 1.29 bits per heavy atom. The molecule has 0 saturated carbocycles. The van der Waals surface area contributed by atoms with Crippen LogP contribution in [-0.4, -0.2) is 36.3 Å². The predicted octanol–water partition coefficient (Wildman–Crippen LogP) is 0.930. The number of anilines is 1. The van der Waals surface area contributed by atoms with Crippen molar-refractivity contribution in [2.45, 2.75) is 13.8 Å². The SMILES string of the molecule is Cc1ncc(C)c(N2CCOCC2)n1. The van der Waals surface area contributed by atoms with Gasteiger partial charge in [0.15, 0.2) is 0 Å². The van der Waals surface area contributed by atoms with Crippen molar-refractivity contribution >= 4 is 5.82 Å². The van der Waals surface area contributed by atoms with Crippen LogP contribution in [0.2, 0.25) is 0 Å². The number of hydrogen-bond acceptors (Lipinski definition) is 4. The van der Waals surface area contributed by atoms with Crippen LogP contribution in [0.5, 0.6) is 0 Å². The van der Waals surface area contributed by atoms with Crippen LogP contribution in [0, 0.1) is 13.8 Å². The van der Waals surface area contributed by atoms with E-state index in [-0.39, 0.29) is 0 Å². The van der Waals surface area contributed by atoms with Gasteiger partial charge in [-0.3, -0.25) is 0 Å². The van der Waals surface area contributed by atoms with Gasteiger partial charge in [-0.15, -0.1) is 0 Å². The Morgan fingerprint density at radius 3 is 2.71 bits per heavy atom. The monoisotopic (exact) mass is 193 g/mol. The first-order valence-electron chi connectivity index (χ1n) is 4.90. The van der Waals surface area contributed by atoms with E-state index >= 15 is 0 Å². The predicted molar refractivity (Wildman–Crippen MR) is 54.5 cm³/mol. The fourth-order valence-electron chi connectivity index (χ4n) is 1.61. The topological polar surface area (TPSA) is 38.2 Å². The summed E-state index contributed by atoms with van der Waals surface area (Å²) in [6.45, 7) is 7.41. The highest BCUT2D eigenvalue weighted by atomic mass is 16.5. The fraction of sp³-hybridized carbons (Fsp3) is 0.600. The van der Waals surface area contributed by atoms with Gasteiger partial charge in [0, 0.05) is 24.8 Å². The Bertz CT molecular complexity index is 321. The molecular formula is C10H15N3O. The zero-order valence-corrected chi connectivity index (χ0v) is 8.66. The lowest BCUT2D eigenvalue weighted by molar-refractivity contribution is 0.122. The molecule has 0 amide bonds. The Hall–Kier alpha value is -1.16. The van der Waals surface area contributed by atoms with Crippen molar-refractivity contribution in [1.82, 2.24) is 9.97 Å². The van der Waals surface area contributed by atoms with Crippen molar-refractivity contribution in [3.8, 4) is 0 Å². The average molecular weight is 193 g/mol. The van der Waals surface area contributed by atoms with Gasteiger partial charge in [0.1, 0.15) is 11.6 Å². The molecule has 2 rings (SSSR count). The zero-order valence-electron chi connectivity index (χ0n) is 8.66. The molecule has 1 aromatic rings. The van der Waals surface area contributed by atoms with Gasteiger partial charge in [0.2, 0.25) is 0 Å². The van der Waals surface area contributed by atoms with E-state index in [1.54, 1.807) is 0 Å². The Balaban J connectivity index is 2.24. The second-order valence-electron chi connectivity index (χ2n) is 3.52. The minimum absolute atomic E-state index is 0.794. The molecule has 4 heteroatoms. The van der Waals surface area contributed by atoms with Gasteiger partial charge in [0.25, 0.3) is 0 Å². The first-order valence-corrected chi connectivity index (χ1v) is 4.90. The van der Waals surface area contributed by atoms with E-state index in [0.717, 1.165) is 43.5 Å². The van der Waals surface area contributed by atoms with E-state index in [9.17, 15) is 0 Å². The van der Waals surface area contributed by atoms with Gasteiger partial charge in [-0.25, -0.2) is 9.97 Å². The smallest absolute Gasteiger partial charge is 0.135 e. The molecule has 1 aliphatic heterocycles. The summed E-state index contributed by atoms with van der Waals surface area (Å²) in [5.74, 6) is 1.89. The van der Waals surface area contributed by atoms with Crippen LogP contribution in [0.1, 0.15) is 11.4 Å². The zero-order chi connectivity index (χ0) is 9.97. The lowest BCUT2D eigenvalue weighted by atomic mass is 10.3. The Labute approximate surface area is 83.9 Å². The van der Waals surface area contributed by atoms with Gasteiger partial charge < -0.3 is 9.64 Å². The molecule has 1 saturated heterocycles. The van der Waals surface area contributed by atoms with Crippen LogP contribution in [-0.2, 0) is 4.74 Å². The summed E-state index contributed by atoms with van der Waals surface area (Å²) in [4.78, 5) is 10.9. The normalized spacial score (nSPS) is 17.1. The first-order chi connectivity index (χ1) is 6.77. The molecule has 1 aromatic heterocycles. The highest BCUT2D eigenvalue weighted by Gasteiger charge is 2.14. The lowest BCUT2D eigenvalue weighted by Crippen LogP contribution is -2.37. The summed E-state index contributed by atoms with van der Waals surface area (Å²) < 4.78 is 5.31. The molecule has 1 aliphatic rings. The molecule has 76 valence electrons. The van der Waals surface area contributed by atoms with Gasteiger partial charge in [-0.05, 0) is 13.8 Å². The molecule has 0 aliphatic carbocycles. The highest BCUT2D eigenvalue weighted by molar-refractivity contribution is 5.45. The maximum Gasteiger partial charge on any atom is 0.135 e. The first kappa shape index (κ1) is 9.40. The van der Waals surface area contributed by atoms with Crippen molar-refractivity contribution in [3.05, 3.63) is 17.6 Å². The van der Waals surface area contributed by atoms with E-state index in [2.05, 4.69) is 14.9 Å². The van der Waals surface area contributed by atoms with E-state index in [1.807, 2.05) is 20.0 Å². The van der Waals surface area contributed by atoms with Crippen molar-refractivity contribution in [3.63, 3.8) is 0 Å². The van der Waals surface area contributed by atoms with E-state index in [1.165, 1.54) is 0 Å². The number of rotatable bonds is 1. The summed E-state index contributed by atoms with van der Waals surface area (Å²) in [7, 11) is 0. The summed E-state index contributed by atoms with van der Waals surface area (Å²) in [6, 6.07) is 0. The van der Waals surface area contributed by atoms with Gasteiger partial charge >= 0.3 is 0 Å². The molecule has 0 unspecified atom stereocenters. The van der Waals surface area contributed by atoms with Crippen LogP contribution in [0.3, 0.4) is 0 Å². The van der Waals surface area contributed by atoms with Gasteiger partial charge in [-0.2, -0.15) is 0 Å². The second-order valence-corrected chi connectivity index (χ2v) is 3.52. The van der Waals surface area contributed by atoms with E-state index in [4.69, 9.17) is 4.74 Å². The molecule has 14 heavy (non-hydrogen) atoms. The van der Waals surface area contributed by atoms with E-state index in [0.29, 0.717) is 0 Å². The number of hydrogen-bond donors (Lipinski definition) is 0. The second kappa shape index (κ2) is 3.92. The largest absolute Gasteiger partial charge is 0.378 e. The van der Waals surface area contributed by atoms with Crippen LogP contribution in [0.4, 0.5) is 5.82 Å². The lowest BCUT2D eigenvalue weighted by Gasteiger charge is -2.28. The van der Waals surface area contributed by atoms with Gasteiger partial charge in [-0.1, -0.05) is 0 Å². The molecule has 2 heterocycles. The fourth-order valence-corrected chi connectivity index (χ4v) is 1.61. The third kappa shape index (κ3) is 1.85. The van der Waals surface area contributed by atoms with Crippen LogP contribution < -0.4 is 4.90 Å². The maximum absolute atomic E-state index is 5.31. The van der Waals surface area contributed by atoms with Gasteiger partial charge in [0.05, 0.1) is 13.2 Å². The molecule has 1 fully saturated rings. The Kier molecular flexibility index (Phi) is 2.63. The molecular weight excluding hydrogens is 178 g/mol. The van der Waals surface area contributed by atoms with Crippen molar-refractivity contribution < 1.29 is 4.74 Å². The molecule has 0 spiro atoms. The third-order valence-corrected chi connectivity index (χ3v) is 2.38. The standard InChI is InChI=1S/C10H15N3O/c1-8-7-11-9(2)12-10(8)13-3-5-14-6-4-13/h7H,3-6H2,1-2H3. The molecule has 4 nitrogen and oxygen atoms in total. The number of ether oxygens (including phenoxy) is 1. The van der Waals surface area contributed by atoms with Crippen molar-refractivity contribution in [2.24, 2.45) is 0 Å². The van der Waals surface area contributed by atoms with Crippen LogP contribution in [0.15, 0.2) is 6.20 Å². The molecule has 0 radical (unpaired) electrons. The molecule has 0 bridgehead atoms. The summed E-state index contributed by atoms with van der Waals surface area (Å²) in [5.41, 5.74) is 1.14. The highest BCUT2D eigenvalue weighted by Crippen LogP contribution is 2.16. The van der Waals surface area contributed by atoms with Crippen LogP contribution in [0.25, 0.3) is 0 Å². The number of aromatic nitrogens is 2. The quantitative estimate of drug-likeness (QED) is 0.665. The summed E-state index contributed by atoms with van der Waals surface area (Å²) in [6.07, 6.45) is 1.88. The number of aryl methyl sites for hydroxylation is 2. The molecule has 0 aromatic carbocycles. The Morgan fingerprint density at radius 2 is 2.00 bits per heavy atom. The average Bonchev–Trinajstić information content (AvgIpc) is 2.23. The molecule has 0 N–H and O–H groups in total. The number of nitrogens with zero attached hydrogens (tertiary/aromatic N) is 3. The van der Waals surface area contributed by atoms with Crippen molar-refractivity contribution in [1.29, 1.82) is 0 Å². The number of morpholine rings is 1. The summed E-state index contributed by atoms with van der Waals surface area (Å²) in [5, 5.41) is 0. The van der Waals surface area contributed by atoms with Crippen molar-refractivity contribution in [2.75, 3.05) is 31.2 Å². The minimum Gasteiger partial charge on any atom is -0.378 e. The van der Waals surface area contributed by atoms with Crippen LogP contribution >= 0.6 is 0 Å². The van der Waals surface area contributed by atoms with E-state index < -0.39 is 0 Å². The third-order valence-electron chi connectivity index (χ3n) is 2.38.